The number of rotatable bonds is 5. The summed E-state index contributed by atoms with van der Waals surface area (Å²) >= 11 is 0. The van der Waals surface area contributed by atoms with Gasteiger partial charge >= 0.3 is 0 Å². The summed E-state index contributed by atoms with van der Waals surface area (Å²) in [5.41, 5.74) is 5.19. The molecule has 4 heteroatoms. The quantitative estimate of drug-likeness (QED) is 0.786. The average Bonchev–Trinajstić information content (AvgIpc) is 2.37. The van der Waals surface area contributed by atoms with Crippen molar-refractivity contribution in [2.75, 3.05) is 20.2 Å². The number of nitrogens with one attached hydrogen (secondary N) is 1. The molecule has 0 aromatic rings. The molecular formula is C14H28N2O2. The van der Waals surface area contributed by atoms with E-state index in [1.807, 2.05) is 13.8 Å². The van der Waals surface area contributed by atoms with Gasteiger partial charge in [-0.25, -0.2) is 0 Å². The predicted molar refractivity (Wildman–Crippen MR) is 73.2 cm³/mol. The van der Waals surface area contributed by atoms with Crippen LogP contribution in [-0.2, 0) is 9.53 Å². The highest BCUT2D eigenvalue weighted by Crippen LogP contribution is 2.38. The first-order valence-corrected chi connectivity index (χ1v) is 6.89. The molecule has 0 aromatic carbocycles. The molecule has 0 aliphatic heterocycles. The first kappa shape index (κ1) is 15.4. The summed E-state index contributed by atoms with van der Waals surface area (Å²) in [6, 6.07) is 0. The largest absolute Gasteiger partial charge is 0.377 e. The Labute approximate surface area is 111 Å². The summed E-state index contributed by atoms with van der Waals surface area (Å²) in [7, 11) is 1.66. The van der Waals surface area contributed by atoms with Crippen LogP contribution in [-0.4, -0.2) is 31.7 Å². The predicted octanol–water partition coefficient (Wildman–Crippen LogP) is 1.68. The Morgan fingerprint density at radius 2 is 2.00 bits per heavy atom. The highest BCUT2D eigenvalue weighted by molar-refractivity contribution is 5.83. The van der Waals surface area contributed by atoms with Crippen molar-refractivity contribution in [3.8, 4) is 0 Å². The number of carbonyl (C=O) groups excluding carboxylic acids is 1. The van der Waals surface area contributed by atoms with Gasteiger partial charge in [-0.15, -0.1) is 0 Å². The first-order chi connectivity index (χ1) is 8.35. The molecule has 0 spiro atoms. The van der Waals surface area contributed by atoms with Crippen LogP contribution in [0.15, 0.2) is 0 Å². The molecule has 1 rings (SSSR count). The second-order valence-electron chi connectivity index (χ2n) is 6.31. The minimum atomic E-state index is -0.351. The van der Waals surface area contributed by atoms with Gasteiger partial charge in [-0.05, 0) is 45.4 Å². The van der Waals surface area contributed by atoms with E-state index in [0.717, 1.165) is 25.7 Å². The van der Waals surface area contributed by atoms with E-state index in [0.29, 0.717) is 19.0 Å². The molecule has 18 heavy (non-hydrogen) atoms. The Balaban J connectivity index is 2.57. The molecule has 0 radical (unpaired) electrons. The maximum Gasteiger partial charge on any atom is 0.227 e. The van der Waals surface area contributed by atoms with E-state index in [1.54, 1.807) is 7.11 Å². The zero-order valence-corrected chi connectivity index (χ0v) is 12.2. The summed E-state index contributed by atoms with van der Waals surface area (Å²) in [6.07, 6.45) is 4.00. The number of carbonyl (C=O) groups is 1. The smallest absolute Gasteiger partial charge is 0.227 e. The fourth-order valence-electron chi connectivity index (χ4n) is 2.39. The Morgan fingerprint density at radius 1 is 1.44 bits per heavy atom. The number of hydrogen-bond donors (Lipinski definition) is 2. The van der Waals surface area contributed by atoms with Crippen molar-refractivity contribution in [3.63, 3.8) is 0 Å². The third-order valence-corrected chi connectivity index (χ3v) is 4.33. The SMILES string of the molecule is COC(C)(C)CNC(=O)C1(CN)CCC(C)CC1. The highest BCUT2D eigenvalue weighted by atomic mass is 16.5. The maximum atomic E-state index is 12.4. The van der Waals surface area contributed by atoms with Crippen LogP contribution in [0.4, 0.5) is 0 Å². The van der Waals surface area contributed by atoms with E-state index < -0.39 is 0 Å². The van der Waals surface area contributed by atoms with Crippen LogP contribution < -0.4 is 11.1 Å². The van der Waals surface area contributed by atoms with Gasteiger partial charge in [0.15, 0.2) is 0 Å². The second-order valence-corrected chi connectivity index (χ2v) is 6.31. The van der Waals surface area contributed by atoms with Crippen LogP contribution >= 0.6 is 0 Å². The molecule has 3 N–H and O–H groups in total. The number of methoxy groups -OCH3 is 1. The Bertz CT molecular complexity index is 282. The monoisotopic (exact) mass is 256 g/mol. The molecule has 1 fully saturated rings. The summed E-state index contributed by atoms with van der Waals surface area (Å²) in [5, 5.41) is 3.01. The molecule has 0 saturated heterocycles. The molecule has 1 aliphatic carbocycles. The average molecular weight is 256 g/mol. The van der Waals surface area contributed by atoms with E-state index >= 15 is 0 Å². The summed E-state index contributed by atoms with van der Waals surface area (Å²) in [4.78, 5) is 12.4. The zero-order chi connectivity index (χ0) is 13.8. The first-order valence-electron chi connectivity index (χ1n) is 6.89. The van der Waals surface area contributed by atoms with Crippen LogP contribution in [0.5, 0.6) is 0 Å². The van der Waals surface area contributed by atoms with Gasteiger partial charge in [-0.1, -0.05) is 6.92 Å². The van der Waals surface area contributed by atoms with Crippen molar-refractivity contribution in [1.82, 2.24) is 5.32 Å². The van der Waals surface area contributed by atoms with Crippen LogP contribution in [0, 0.1) is 11.3 Å². The lowest BCUT2D eigenvalue weighted by atomic mass is 9.70. The van der Waals surface area contributed by atoms with Gasteiger partial charge in [-0.3, -0.25) is 4.79 Å². The lowest BCUT2D eigenvalue weighted by molar-refractivity contribution is -0.134. The minimum Gasteiger partial charge on any atom is -0.377 e. The normalized spacial score (nSPS) is 29.1. The van der Waals surface area contributed by atoms with Gasteiger partial charge in [0.2, 0.25) is 5.91 Å². The molecule has 4 nitrogen and oxygen atoms in total. The molecule has 0 bridgehead atoms. The molecule has 0 heterocycles. The third kappa shape index (κ3) is 3.69. The minimum absolute atomic E-state index is 0.0991. The number of ether oxygens (including phenoxy) is 1. The molecule has 1 amide bonds. The van der Waals surface area contributed by atoms with Crippen LogP contribution in [0.1, 0.15) is 46.5 Å². The Kier molecular flexibility index (Phi) is 5.17. The van der Waals surface area contributed by atoms with Crippen LogP contribution in [0.25, 0.3) is 0 Å². The van der Waals surface area contributed by atoms with E-state index in [-0.39, 0.29) is 16.9 Å². The Hall–Kier alpha value is -0.610. The van der Waals surface area contributed by atoms with E-state index in [1.165, 1.54) is 0 Å². The fourth-order valence-corrected chi connectivity index (χ4v) is 2.39. The van der Waals surface area contributed by atoms with Crippen molar-refractivity contribution in [1.29, 1.82) is 0 Å². The van der Waals surface area contributed by atoms with Gasteiger partial charge in [-0.2, -0.15) is 0 Å². The van der Waals surface area contributed by atoms with Crippen molar-refractivity contribution < 1.29 is 9.53 Å². The molecule has 0 unspecified atom stereocenters. The molecule has 0 aromatic heterocycles. The topological polar surface area (TPSA) is 64.3 Å². The van der Waals surface area contributed by atoms with Gasteiger partial charge in [0.25, 0.3) is 0 Å². The van der Waals surface area contributed by atoms with Gasteiger partial charge in [0, 0.05) is 20.2 Å². The van der Waals surface area contributed by atoms with E-state index in [2.05, 4.69) is 12.2 Å². The summed E-state index contributed by atoms with van der Waals surface area (Å²) < 4.78 is 5.31. The molecule has 1 saturated carbocycles. The number of amides is 1. The number of nitrogens with two attached hydrogens (primary N) is 1. The molecule has 1 aliphatic rings. The van der Waals surface area contributed by atoms with Gasteiger partial charge < -0.3 is 15.8 Å². The number of hydrogen-bond acceptors (Lipinski definition) is 3. The highest BCUT2D eigenvalue weighted by Gasteiger charge is 2.40. The van der Waals surface area contributed by atoms with Gasteiger partial charge in [0.1, 0.15) is 0 Å². The van der Waals surface area contributed by atoms with Gasteiger partial charge in [0.05, 0.1) is 11.0 Å². The fraction of sp³-hybridized carbons (Fsp3) is 0.929. The van der Waals surface area contributed by atoms with Crippen LogP contribution in [0.2, 0.25) is 0 Å². The maximum absolute atomic E-state index is 12.4. The third-order valence-electron chi connectivity index (χ3n) is 4.33. The lowest BCUT2D eigenvalue weighted by Crippen LogP contribution is -2.51. The second kappa shape index (κ2) is 6.02. The molecule has 106 valence electrons. The van der Waals surface area contributed by atoms with Crippen molar-refractivity contribution in [3.05, 3.63) is 0 Å². The molecular weight excluding hydrogens is 228 g/mol. The lowest BCUT2D eigenvalue weighted by Gasteiger charge is -2.38. The van der Waals surface area contributed by atoms with Crippen molar-refractivity contribution in [2.45, 2.75) is 52.1 Å². The zero-order valence-electron chi connectivity index (χ0n) is 12.2. The summed E-state index contributed by atoms with van der Waals surface area (Å²) in [6.45, 7) is 7.14. The molecule has 0 atom stereocenters. The van der Waals surface area contributed by atoms with Crippen molar-refractivity contribution in [2.24, 2.45) is 17.1 Å². The van der Waals surface area contributed by atoms with Crippen LogP contribution in [0.3, 0.4) is 0 Å². The Morgan fingerprint density at radius 3 is 2.44 bits per heavy atom. The van der Waals surface area contributed by atoms with Crippen molar-refractivity contribution >= 4 is 5.91 Å². The van der Waals surface area contributed by atoms with E-state index in [9.17, 15) is 4.79 Å². The summed E-state index contributed by atoms with van der Waals surface area (Å²) in [5.74, 6) is 0.815. The standard InChI is InChI=1S/C14H28N2O2/c1-11-5-7-14(9-15,8-6-11)12(17)16-10-13(2,3)18-4/h11H,5-10,15H2,1-4H3,(H,16,17). The van der Waals surface area contributed by atoms with E-state index in [4.69, 9.17) is 10.5 Å².